The van der Waals surface area contributed by atoms with Crippen molar-refractivity contribution in [3.05, 3.63) is 63.8 Å². The van der Waals surface area contributed by atoms with Crippen molar-refractivity contribution in [2.75, 3.05) is 30.4 Å². The Morgan fingerprint density at radius 1 is 1.14 bits per heavy atom. The van der Waals surface area contributed by atoms with E-state index < -0.39 is 14.2 Å². The Labute approximate surface area is 235 Å². The van der Waals surface area contributed by atoms with E-state index in [2.05, 4.69) is 49.0 Å². The molecular weight excluding hydrogens is 543 g/mol. The molecule has 1 fully saturated rings. The second-order valence-electron chi connectivity index (χ2n) is 10.8. The van der Waals surface area contributed by atoms with Gasteiger partial charge in [0.05, 0.1) is 39.1 Å². The van der Waals surface area contributed by atoms with E-state index in [-0.39, 0.29) is 20.6 Å². The number of halogens is 2. The van der Waals surface area contributed by atoms with Gasteiger partial charge in [0.1, 0.15) is 0 Å². The third-order valence-corrected chi connectivity index (χ3v) is 12.9. The number of aromatic nitrogens is 1. The molecule has 0 radical (unpaired) electrons. The van der Waals surface area contributed by atoms with E-state index in [1.807, 2.05) is 31.4 Å². The summed E-state index contributed by atoms with van der Waals surface area (Å²) in [7, 11) is -0.00418. The first-order valence-corrected chi connectivity index (χ1v) is 16.2. The van der Waals surface area contributed by atoms with Crippen molar-refractivity contribution in [1.82, 2.24) is 9.88 Å². The fourth-order valence-electron chi connectivity index (χ4n) is 4.00. The number of carbonyl (C=O) groups is 1. The Morgan fingerprint density at radius 2 is 1.78 bits per heavy atom. The van der Waals surface area contributed by atoms with Crippen LogP contribution in [0.4, 0.5) is 11.4 Å². The summed E-state index contributed by atoms with van der Waals surface area (Å²) in [5.74, 6) is -0.395. The second kappa shape index (κ2) is 10.5. The molecule has 1 aromatic heterocycles. The van der Waals surface area contributed by atoms with Crippen LogP contribution in [0.2, 0.25) is 28.2 Å². The Balaban J connectivity index is 1.79. The van der Waals surface area contributed by atoms with Crippen LogP contribution in [-0.2, 0) is 11.0 Å². The van der Waals surface area contributed by atoms with E-state index in [0.29, 0.717) is 17.8 Å². The minimum atomic E-state index is -2.00. The van der Waals surface area contributed by atoms with Gasteiger partial charge in [-0.2, -0.15) is 0 Å². The second-order valence-corrected chi connectivity index (χ2v) is 16.8. The van der Waals surface area contributed by atoms with Crippen LogP contribution in [0.15, 0.2) is 42.6 Å². The smallest absolute Gasteiger partial charge is 0.258 e. The van der Waals surface area contributed by atoms with Crippen LogP contribution < -0.4 is 10.2 Å². The molecule has 1 N–H and O–H groups in total. The molecule has 4 rings (SSSR count). The van der Waals surface area contributed by atoms with Crippen molar-refractivity contribution in [3.63, 3.8) is 0 Å². The molecule has 0 bridgehead atoms. The van der Waals surface area contributed by atoms with Gasteiger partial charge in [-0.05, 0) is 48.5 Å². The predicted octanol–water partition coefficient (Wildman–Crippen LogP) is 7.35. The van der Waals surface area contributed by atoms with Gasteiger partial charge in [-0.15, -0.1) is 0 Å². The molecular formula is C27H32Cl2N4O2SSi. The fraction of sp³-hybridized carbons (Fsp3) is 0.370. The first-order valence-electron chi connectivity index (χ1n) is 12.1. The SMILES string of the molecule is CN1CCN(c2c(CO[Si](C)(C)C(C)(C)C)cnc3c(NC(=O)c4c(Cl)cccc4Cl)cccc23)C1=S. The van der Waals surface area contributed by atoms with Crippen LogP contribution in [-0.4, -0.2) is 49.4 Å². The molecule has 1 saturated heterocycles. The predicted molar refractivity (Wildman–Crippen MR) is 161 cm³/mol. The van der Waals surface area contributed by atoms with Crippen LogP contribution >= 0.6 is 35.4 Å². The standard InChI is InChI=1S/C27H32Cl2N4O2SSi/c1-27(2,3)37(5,6)35-16-17-15-30-23-18(24(17)33-14-13-32(4)26(33)36)9-7-12-21(23)31-25(34)22-19(28)10-8-11-20(22)29/h7-12,15H,13-14,16H2,1-6H3,(H,31,34). The molecule has 37 heavy (non-hydrogen) atoms. The molecule has 0 saturated carbocycles. The average Bonchev–Trinajstić information content (AvgIpc) is 3.14. The minimum absolute atomic E-state index is 0.0814. The third-order valence-electron chi connectivity index (χ3n) is 7.26. The van der Waals surface area contributed by atoms with Gasteiger partial charge in [0, 0.05) is 37.3 Å². The first kappa shape index (κ1) is 27.8. The van der Waals surface area contributed by atoms with Crippen LogP contribution in [0.3, 0.4) is 0 Å². The molecule has 2 aromatic carbocycles. The number of benzene rings is 2. The Morgan fingerprint density at radius 3 is 2.38 bits per heavy atom. The lowest BCUT2D eigenvalue weighted by molar-refractivity contribution is 0.102. The lowest BCUT2D eigenvalue weighted by Gasteiger charge is -2.36. The molecule has 6 nitrogen and oxygen atoms in total. The largest absolute Gasteiger partial charge is 0.412 e. The summed E-state index contributed by atoms with van der Waals surface area (Å²) in [6.45, 7) is 13.2. The van der Waals surface area contributed by atoms with E-state index >= 15 is 0 Å². The minimum Gasteiger partial charge on any atom is -0.412 e. The summed E-state index contributed by atoms with van der Waals surface area (Å²) in [6.07, 6.45) is 1.84. The summed E-state index contributed by atoms with van der Waals surface area (Å²) in [6, 6.07) is 10.7. The third kappa shape index (κ3) is 5.49. The van der Waals surface area contributed by atoms with E-state index in [4.69, 9.17) is 44.8 Å². The monoisotopic (exact) mass is 574 g/mol. The normalized spacial score (nSPS) is 14.5. The molecule has 1 aliphatic heterocycles. The number of hydrogen-bond donors (Lipinski definition) is 1. The van der Waals surface area contributed by atoms with Gasteiger partial charge in [0.25, 0.3) is 5.91 Å². The molecule has 0 atom stereocenters. The van der Waals surface area contributed by atoms with Crippen LogP contribution in [0.1, 0.15) is 36.7 Å². The highest BCUT2D eigenvalue weighted by molar-refractivity contribution is 7.80. The number of rotatable bonds is 6. The number of amides is 1. The van der Waals surface area contributed by atoms with Crippen molar-refractivity contribution in [1.29, 1.82) is 0 Å². The molecule has 1 amide bonds. The Hall–Kier alpha value is -2.23. The highest BCUT2D eigenvalue weighted by atomic mass is 35.5. The van der Waals surface area contributed by atoms with Crippen molar-refractivity contribution >= 4 is 77.0 Å². The zero-order valence-corrected chi connectivity index (χ0v) is 25.3. The van der Waals surface area contributed by atoms with E-state index in [1.165, 1.54) is 0 Å². The lowest BCUT2D eigenvalue weighted by atomic mass is 10.1. The molecule has 0 spiro atoms. The lowest BCUT2D eigenvalue weighted by Crippen LogP contribution is -2.40. The van der Waals surface area contributed by atoms with E-state index in [9.17, 15) is 4.79 Å². The zero-order chi connectivity index (χ0) is 27.1. The summed E-state index contributed by atoms with van der Waals surface area (Å²) in [5.41, 5.74) is 3.37. The number of nitrogens with one attached hydrogen (secondary N) is 1. The van der Waals surface area contributed by atoms with Crippen molar-refractivity contribution in [3.8, 4) is 0 Å². The van der Waals surface area contributed by atoms with Gasteiger partial charge in [0.15, 0.2) is 13.4 Å². The van der Waals surface area contributed by atoms with Crippen LogP contribution in [0, 0.1) is 0 Å². The molecule has 1 aliphatic rings. The number of para-hydroxylation sites is 1. The number of likely N-dealkylation sites (N-methyl/N-ethyl adjacent to an activating group) is 1. The Bertz CT molecular complexity index is 1360. The topological polar surface area (TPSA) is 57.7 Å². The number of thiocarbonyl (C=S) groups is 1. The molecule has 196 valence electrons. The van der Waals surface area contributed by atoms with Gasteiger partial charge >= 0.3 is 0 Å². The molecule has 10 heteroatoms. The number of pyridine rings is 1. The quantitative estimate of drug-likeness (QED) is 0.245. The van der Waals surface area contributed by atoms with Gasteiger partial charge in [-0.25, -0.2) is 0 Å². The average molecular weight is 576 g/mol. The molecule has 2 heterocycles. The van der Waals surface area contributed by atoms with E-state index in [0.717, 1.165) is 34.8 Å². The summed E-state index contributed by atoms with van der Waals surface area (Å²) >= 11 is 18.3. The zero-order valence-electron chi connectivity index (χ0n) is 22.0. The maximum Gasteiger partial charge on any atom is 0.258 e. The van der Waals surface area contributed by atoms with Crippen LogP contribution in [0.5, 0.6) is 0 Å². The fourth-order valence-corrected chi connectivity index (χ4v) is 5.80. The van der Waals surface area contributed by atoms with Crippen molar-refractivity contribution in [2.24, 2.45) is 0 Å². The number of carbonyl (C=O) groups excluding carboxylic acids is 1. The maximum absolute atomic E-state index is 13.1. The van der Waals surface area contributed by atoms with Crippen LogP contribution in [0.25, 0.3) is 10.9 Å². The summed E-state index contributed by atoms with van der Waals surface area (Å²) in [5, 5.41) is 5.25. The molecule has 0 aliphatic carbocycles. The Kier molecular flexibility index (Phi) is 7.89. The molecule has 3 aromatic rings. The number of anilines is 2. The van der Waals surface area contributed by atoms with E-state index in [1.54, 1.807) is 18.2 Å². The summed E-state index contributed by atoms with van der Waals surface area (Å²) in [4.78, 5) is 22.1. The van der Waals surface area contributed by atoms with Gasteiger partial charge in [-0.1, -0.05) is 62.2 Å². The molecule has 0 unspecified atom stereocenters. The maximum atomic E-state index is 13.1. The summed E-state index contributed by atoms with van der Waals surface area (Å²) < 4.78 is 6.59. The highest BCUT2D eigenvalue weighted by Crippen LogP contribution is 2.40. The highest BCUT2D eigenvalue weighted by Gasteiger charge is 2.37. The van der Waals surface area contributed by atoms with Gasteiger partial charge < -0.3 is 19.5 Å². The van der Waals surface area contributed by atoms with Gasteiger partial charge in [0.2, 0.25) is 0 Å². The first-order chi connectivity index (χ1) is 17.3. The van der Waals surface area contributed by atoms with Crippen molar-refractivity contribution < 1.29 is 9.22 Å². The van der Waals surface area contributed by atoms with Crippen molar-refractivity contribution in [2.45, 2.75) is 45.5 Å². The number of fused-ring (bicyclic) bond motifs is 1. The number of hydrogen-bond acceptors (Lipinski definition) is 4. The number of nitrogens with zero attached hydrogens (tertiary/aromatic N) is 3. The van der Waals surface area contributed by atoms with Gasteiger partial charge in [-0.3, -0.25) is 9.78 Å².